The van der Waals surface area contributed by atoms with E-state index < -0.39 is 59.3 Å². The Morgan fingerprint density at radius 1 is 1.10 bits per heavy atom. The lowest BCUT2D eigenvalue weighted by Gasteiger charge is -2.27. The van der Waals surface area contributed by atoms with Gasteiger partial charge in [0.05, 0.1) is 18.9 Å². The van der Waals surface area contributed by atoms with E-state index in [9.17, 15) is 38.2 Å². The smallest absolute Gasteiger partial charge is 0.482 e. The summed E-state index contributed by atoms with van der Waals surface area (Å²) < 4.78 is 58.3. The lowest BCUT2D eigenvalue weighted by molar-refractivity contribution is -0.107. The predicted octanol–water partition coefficient (Wildman–Crippen LogP) is 1.40. The van der Waals surface area contributed by atoms with Crippen LogP contribution >= 0.6 is 23.5 Å². The number of benzene rings is 1. The maximum absolute atomic E-state index is 12.6. The van der Waals surface area contributed by atoms with Crippen LogP contribution in [0, 0.1) is 0 Å². The van der Waals surface area contributed by atoms with Gasteiger partial charge in [-0.1, -0.05) is 38.1 Å². The molecule has 5 atom stereocenters. The van der Waals surface area contributed by atoms with Gasteiger partial charge in [-0.15, -0.1) is 0 Å². The second-order valence-electron chi connectivity index (χ2n) is 9.25. The molecule has 224 valence electrons. The van der Waals surface area contributed by atoms with Crippen LogP contribution in [0.4, 0.5) is 0 Å². The molecule has 1 saturated heterocycles. The average molecular weight is 630 g/mol. The standard InChI is InChI=1S/C20H29N2O15P3/c1-12(2)14-7-5-4-6-13(14)10-33-16-9-22(19(25)21-18(16)24)20(3)8-15(23)17(35-20)11-34-39(29,30)37-40(31,32)36-38(26,27)28/h4-7,9,12,15,17,23H,8,10-11H2,1-3H3,(H,29,30)(H,31,32)(H,21,24,25)(H2,26,27,28)/t15-,17+,20+/m0/s1. The summed E-state index contributed by atoms with van der Waals surface area (Å²) in [5, 5.41) is 10.4. The minimum absolute atomic E-state index is 0.0124. The minimum Gasteiger partial charge on any atom is -0.482 e. The summed E-state index contributed by atoms with van der Waals surface area (Å²) in [6, 6.07) is 7.44. The van der Waals surface area contributed by atoms with E-state index in [1.807, 2.05) is 38.1 Å². The molecule has 40 heavy (non-hydrogen) atoms. The number of phosphoric ester groups is 1. The summed E-state index contributed by atoms with van der Waals surface area (Å²) >= 11 is 0. The van der Waals surface area contributed by atoms with E-state index in [-0.39, 0.29) is 24.7 Å². The molecular weight excluding hydrogens is 601 g/mol. The molecule has 1 aliphatic heterocycles. The monoisotopic (exact) mass is 630 g/mol. The summed E-state index contributed by atoms with van der Waals surface area (Å²) in [7, 11) is -16.8. The number of hydrogen-bond donors (Lipinski definition) is 6. The van der Waals surface area contributed by atoms with Crippen molar-refractivity contribution in [1.29, 1.82) is 0 Å². The van der Waals surface area contributed by atoms with Crippen LogP contribution in [0.25, 0.3) is 0 Å². The van der Waals surface area contributed by atoms with E-state index in [1.165, 1.54) is 6.92 Å². The molecule has 2 unspecified atom stereocenters. The molecule has 0 amide bonds. The van der Waals surface area contributed by atoms with Gasteiger partial charge in [0.25, 0.3) is 5.56 Å². The first-order valence-electron chi connectivity index (χ1n) is 11.5. The van der Waals surface area contributed by atoms with Crippen molar-refractivity contribution in [2.75, 3.05) is 6.61 Å². The topological polar surface area (TPSA) is 253 Å². The highest BCUT2D eigenvalue weighted by Gasteiger charge is 2.47. The third kappa shape index (κ3) is 8.52. The molecule has 3 rings (SSSR count). The van der Waals surface area contributed by atoms with Crippen molar-refractivity contribution in [2.24, 2.45) is 0 Å². The third-order valence-electron chi connectivity index (χ3n) is 5.72. The first kappa shape index (κ1) is 32.5. The number of nitrogens with zero attached hydrogens (tertiary/aromatic N) is 1. The van der Waals surface area contributed by atoms with Crippen LogP contribution in [-0.4, -0.2) is 53.0 Å². The number of ether oxygens (including phenoxy) is 2. The zero-order chi connectivity index (χ0) is 30.1. The van der Waals surface area contributed by atoms with Crippen LogP contribution in [0.3, 0.4) is 0 Å². The van der Waals surface area contributed by atoms with Crippen LogP contribution in [0.15, 0.2) is 40.1 Å². The van der Waals surface area contributed by atoms with Crippen molar-refractivity contribution < 1.29 is 61.0 Å². The van der Waals surface area contributed by atoms with Crippen molar-refractivity contribution in [2.45, 2.75) is 57.6 Å². The third-order valence-corrected chi connectivity index (χ3v) is 9.52. The molecule has 1 aromatic heterocycles. The van der Waals surface area contributed by atoms with Crippen LogP contribution in [0.1, 0.15) is 44.2 Å². The van der Waals surface area contributed by atoms with Gasteiger partial charge in [0.2, 0.25) is 5.75 Å². The van der Waals surface area contributed by atoms with Crippen LogP contribution in [0.5, 0.6) is 5.75 Å². The average Bonchev–Trinajstić information content (AvgIpc) is 3.09. The summed E-state index contributed by atoms with van der Waals surface area (Å²) in [4.78, 5) is 63.2. The fraction of sp³-hybridized carbons (Fsp3) is 0.500. The largest absolute Gasteiger partial charge is 0.490 e. The number of phosphoric acid groups is 3. The Morgan fingerprint density at radius 3 is 2.38 bits per heavy atom. The maximum Gasteiger partial charge on any atom is 0.490 e. The maximum atomic E-state index is 12.6. The van der Waals surface area contributed by atoms with E-state index in [4.69, 9.17) is 19.3 Å². The quantitative estimate of drug-likeness (QED) is 0.181. The highest BCUT2D eigenvalue weighted by Crippen LogP contribution is 2.66. The van der Waals surface area contributed by atoms with E-state index in [2.05, 4.69) is 18.1 Å². The van der Waals surface area contributed by atoms with E-state index >= 15 is 0 Å². The lowest BCUT2D eigenvalue weighted by atomic mass is 9.98. The number of H-pyrrole nitrogens is 1. The van der Waals surface area contributed by atoms with E-state index in [0.29, 0.717) is 0 Å². The number of rotatable bonds is 12. The Morgan fingerprint density at radius 2 is 1.75 bits per heavy atom. The van der Waals surface area contributed by atoms with Gasteiger partial charge < -0.3 is 34.2 Å². The van der Waals surface area contributed by atoms with Crippen LogP contribution < -0.4 is 16.0 Å². The van der Waals surface area contributed by atoms with Crippen LogP contribution in [-0.2, 0) is 43.9 Å². The Hall–Kier alpha value is -1.97. The van der Waals surface area contributed by atoms with E-state index in [1.54, 1.807) is 0 Å². The van der Waals surface area contributed by atoms with Crippen LogP contribution in [0.2, 0.25) is 0 Å². The number of aliphatic hydroxyl groups excluding tert-OH is 1. The Bertz CT molecular complexity index is 1480. The number of aromatic nitrogens is 2. The molecule has 2 heterocycles. The zero-order valence-corrected chi connectivity index (χ0v) is 24.0. The second kappa shape index (κ2) is 12.1. The molecule has 17 nitrogen and oxygen atoms in total. The van der Waals surface area contributed by atoms with Crippen molar-refractivity contribution in [1.82, 2.24) is 9.55 Å². The van der Waals surface area contributed by atoms with Gasteiger partial charge in [0, 0.05) is 6.42 Å². The molecule has 1 aliphatic rings. The van der Waals surface area contributed by atoms with E-state index in [0.717, 1.165) is 21.9 Å². The molecular formula is C20H29N2O15P3. The summed E-state index contributed by atoms with van der Waals surface area (Å²) in [5.74, 6) is -0.0461. The molecule has 20 heteroatoms. The Labute approximate surface area is 226 Å². The second-order valence-corrected chi connectivity index (χ2v) is 13.7. The molecule has 0 radical (unpaired) electrons. The first-order chi connectivity index (χ1) is 18.3. The molecule has 6 N–H and O–H groups in total. The Balaban J connectivity index is 1.74. The molecule has 0 bridgehead atoms. The SMILES string of the molecule is CC(C)c1ccccc1COc1cn([C@@]2(C)C[C@H](O)[C@@H](COP(=O)(O)OP(=O)(O)OP(=O)(O)O)O2)c(=O)[nH]c1=O. The molecule has 0 aliphatic carbocycles. The summed E-state index contributed by atoms with van der Waals surface area (Å²) in [6.45, 7) is 4.44. The first-order valence-corrected chi connectivity index (χ1v) is 16.0. The Kier molecular flexibility index (Phi) is 9.84. The zero-order valence-electron chi connectivity index (χ0n) is 21.3. The van der Waals surface area contributed by atoms with Gasteiger partial charge in [0.15, 0.2) is 0 Å². The molecule has 0 saturated carbocycles. The van der Waals surface area contributed by atoms with Gasteiger partial charge in [-0.05, 0) is 24.0 Å². The normalized spacial score (nSPS) is 24.5. The number of aliphatic hydroxyl groups is 1. The van der Waals surface area contributed by atoms with Crippen molar-refractivity contribution in [3.05, 3.63) is 62.4 Å². The highest BCUT2D eigenvalue weighted by molar-refractivity contribution is 7.66. The van der Waals surface area contributed by atoms with Gasteiger partial charge in [-0.3, -0.25) is 18.9 Å². The number of aromatic amines is 1. The fourth-order valence-electron chi connectivity index (χ4n) is 4.04. The lowest BCUT2D eigenvalue weighted by Crippen LogP contribution is -2.42. The summed E-state index contributed by atoms with van der Waals surface area (Å²) in [6.07, 6.45) is -2.01. The van der Waals surface area contributed by atoms with Gasteiger partial charge in [-0.2, -0.15) is 8.62 Å². The van der Waals surface area contributed by atoms with Gasteiger partial charge >= 0.3 is 29.2 Å². The van der Waals surface area contributed by atoms with Gasteiger partial charge in [0.1, 0.15) is 18.4 Å². The van der Waals surface area contributed by atoms with Crippen molar-refractivity contribution in [3.63, 3.8) is 0 Å². The van der Waals surface area contributed by atoms with Gasteiger partial charge in [-0.25, -0.2) is 18.5 Å². The number of hydrogen-bond acceptors (Lipinski definition) is 11. The summed E-state index contributed by atoms with van der Waals surface area (Å²) in [5.41, 5.74) is -1.53. The highest BCUT2D eigenvalue weighted by atomic mass is 31.3. The minimum atomic E-state index is -5.74. The molecule has 1 fully saturated rings. The molecule has 2 aromatic rings. The number of nitrogens with one attached hydrogen (secondary N) is 1. The van der Waals surface area contributed by atoms with Crippen molar-refractivity contribution in [3.8, 4) is 5.75 Å². The fourth-order valence-corrected chi connectivity index (χ4v) is 7.07. The molecule has 0 spiro atoms. The predicted molar refractivity (Wildman–Crippen MR) is 135 cm³/mol. The van der Waals surface area contributed by atoms with Crippen molar-refractivity contribution >= 4 is 23.5 Å². The molecule has 1 aromatic carbocycles.